The average Bonchev–Trinajstić information content (AvgIpc) is 3.40. The zero-order chi connectivity index (χ0) is 24.6. The van der Waals surface area contributed by atoms with Crippen LogP contribution in [-0.2, 0) is 20.7 Å². The predicted octanol–water partition coefficient (Wildman–Crippen LogP) is 4.23. The number of aliphatic hydroxyl groups excluding tert-OH is 1. The highest BCUT2D eigenvalue weighted by Crippen LogP contribution is 2.28. The number of amides is 1. The molecule has 2 heterocycles. The van der Waals surface area contributed by atoms with Gasteiger partial charge in [0.1, 0.15) is 24.4 Å². The molecule has 1 aromatic carbocycles. The van der Waals surface area contributed by atoms with E-state index in [1.807, 2.05) is 24.3 Å². The van der Waals surface area contributed by atoms with Gasteiger partial charge in [-0.3, -0.25) is 4.79 Å². The Labute approximate surface area is 211 Å². The molecule has 3 aliphatic rings. The summed E-state index contributed by atoms with van der Waals surface area (Å²) in [7, 11) is 1.57. The van der Waals surface area contributed by atoms with E-state index in [9.17, 15) is 9.90 Å². The van der Waals surface area contributed by atoms with Crippen LogP contribution in [0.25, 0.3) is 0 Å². The molecule has 1 saturated heterocycles. The smallest absolute Gasteiger partial charge is 0.220 e. The minimum atomic E-state index is -1.04. The van der Waals surface area contributed by atoms with Crippen LogP contribution in [0.4, 0.5) is 0 Å². The Hall–Kier alpha value is -2.74. The number of halogens is 1. The first kappa shape index (κ1) is 25.4. The summed E-state index contributed by atoms with van der Waals surface area (Å²) in [5.41, 5.74) is 1.96. The third kappa shape index (κ3) is 6.90. The van der Waals surface area contributed by atoms with Crippen LogP contribution in [0, 0.1) is 0 Å². The number of aryl methyl sites for hydroxylation is 1. The quantitative estimate of drug-likeness (QED) is 0.500. The second kappa shape index (κ2) is 12.3. The lowest BCUT2D eigenvalue weighted by Crippen LogP contribution is -2.51. The Bertz CT molecular complexity index is 1030. The first-order valence-electron chi connectivity index (χ1n) is 12.2. The monoisotopic (exact) mass is 500 g/mol. The molecule has 2 aliphatic heterocycles. The number of allylic oxidation sites excluding steroid dienone is 4. The van der Waals surface area contributed by atoms with Gasteiger partial charge in [0.25, 0.3) is 0 Å². The molecule has 1 aromatic rings. The maximum atomic E-state index is 12.9. The molecule has 2 N–H and O–H groups in total. The highest BCUT2D eigenvalue weighted by molar-refractivity contribution is 6.32. The lowest BCUT2D eigenvalue weighted by molar-refractivity contribution is -0.122. The lowest BCUT2D eigenvalue weighted by atomic mass is 10.0. The van der Waals surface area contributed by atoms with Crippen LogP contribution in [-0.4, -0.2) is 54.8 Å². The van der Waals surface area contributed by atoms with E-state index in [1.54, 1.807) is 19.4 Å². The van der Waals surface area contributed by atoms with Crippen LogP contribution in [0.3, 0.4) is 0 Å². The molecule has 0 saturated carbocycles. The molecule has 1 fully saturated rings. The van der Waals surface area contributed by atoms with Crippen molar-refractivity contribution in [3.05, 3.63) is 76.6 Å². The third-order valence-electron chi connectivity index (χ3n) is 6.45. The first-order valence-corrected chi connectivity index (χ1v) is 12.5. The van der Waals surface area contributed by atoms with Crippen LogP contribution in [0.15, 0.2) is 66.0 Å². The number of ether oxygens (including phenoxy) is 3. The number of hydrogen-bond acceptors (Lipinski definition) is 6. The minimum absolute atomic E-state index is 0.145. The molecule has 1 aliphatic carbocycles. The number of benzene rings is 1. The molecule has 2 atom stereocenters. The fourth-order valence-corrected chi connectivity index (χ4v) is 4.77. The summed E-state index contributed by atoms with van der Waals surface area (Å²) in [6.45, 7) is 2.43. The third-order valence-corrected chi connectivity index (χ3v) is 6.74. The number of nitrogens with zero attached hydrogens (tertiary/aromatic N) is 1. The van der Waals surface area contributed by atoms with Crippen molar-refractivity contribution in [1.82, 2.24) is 10.2 Å². The Balaban J connectivity index is 1.39. The van der Waals surface area contributed by atoms with Gasteiger partial charge in [-0.15, -0.1) is 0 Å². The van der Waals surface area contributed by atoms with E-state index in [0.717, 1.165) is 49.9 Å². The Morgan fingerprint density at radius 2 is 2.11 bits per heavy atom. The molecule has 0 radical (unpaired) electrons. The van der Waals surface area contributed by atoms with Crippen molar-refractivity contribution in [2.75, 3.05) is 26.7 Å². The number of carbonyl (C=O) groups is 1. The molecule has 8 heteroatoms. The zero-order valence-electron chi connectivity index (χ0n) is 20.0. The fourth-order valence-electron chi connectivity index (χ4n) is 4.49. The van der Waals surface area contributed by atoms with Gasteiger partial charge in [-0.25, -0.2) is 0 Å². The van der Waals surface area contributed by atoms with E-state index < -0.39 is 12.1 Å². The second-order valence-corrected chi connectivity index (χ2v) is 9.40. The summed E-state index contributed by atoms with van der Waals surface area (Å²) in [6.07, 6.45) is 12.8. The van der Waals surface area contributed by atoms with E-state index >= 15 is 0 Å². The van der Waals surface area contributed by atoms with Crippen molar-refractivity contribution in [2.45, 2.75) is 50.7 Å². The molecule has 7 nitrogen and oxygen atoms in total. The standard InChI is InChI=1S/C27H33ClN2O5/c1-33-23-11-9-19(15-21(23)28)10-12-26(31)29-22(16-30-13-5-6-14-30)27(32)25-18-34-17-24(35-25)20-7-3-2-4-8-20/h2-3,7,9,11,15,17-18,22,27,32H,4-6,8,10,12-14,16H2,1H3,(H,29,31)/t22-,27-/m1/s1. The molecule has 35 heavy (non-hydrogen) atoms. The van der Waals surface area contributed by atoms with Gasteiger partial charge in [0, 0.05) is 13.0 Å². The second-order valence-electron chi connectivity index (χ2n) is 8.99. The molecule has 0 aromatic heterocycles. The summed E-state index contributed by atoms with van der Waals surface area (Å²) in [6, 6.07) is 4.97. The van der Waals surface area contributed by atoms with Crippen molar-refractivity contribution in [3.63, 3.8) is 0 Å². The molecule has 0 bridgehead atoms. The number of likely N-dealkylation sites (tertiary alicyclic amines) is 1. The van der Waals surface area contributed by atoms with Gasteiger partial charge in [0.05, 0.1) is 18.2 Å². The lowest BCUT2D eigenvalue weighted by Gasteiger charge is -2.31. The Morgan fingerprint density at radius 3 is 2.83 bits per heavy atom. The van der Waals surface area contributed by atoms with Crippen LogP contribution >= 0.6 is 11.6 Å². The number of aliphatic hydroxyl groups is 1. The molecule has 188 valence electrons. The molecular weight excluding hydrogens is 468 g/mol. The zero-order valence-corrected chi connectivity index (χ0v) is 20.8. The van der Waals surface area contributed by atoms with E-state index in [4.69, 9.17) is 25.8 Å². The maximum absolute atomic E-state index is 12.9. The van der Waals surface area contributed by atoms with Gasteiger partial charge < -0.3 is 29.5 Å². The van der Waals surface area contributed by atoms with Crippen molar-refractivity contribution in [1.29, 1.82) is 0 Å². The van der Waals surface area contributed by atoms with Gasteiger partial charge in [-0.2, -0.15) is 0 Å². The first-order chi connectivity index (χ1) is 17.0. The van der Waals surface area contributed by atoms with Crippen molar-refractivity contribution >= 4 is 17.5 Å². The molecule has 4 rings (SSSR count). The van der Waals surface area contributed by atoms with Crippen LogP contribution in [0.1, 0.15) is 37.7 Å². The Kier molecular flexibility index (Phi) is 8.90. The predicted molar refractivity (Wildman–Crippen MR) is 135 cm³/mol. The number of hydrogen-bond donors (Lipinski definition) is 2. The number of nitrogens with one attached hydrogen (secondary N) is 1. The van der Waals surface area contributed by atoms with Gasteiger partial charge in [-0.05, 0) is 68.5 Å². The van der Waals surface area contributed by atoms with E-state index in [-0.39, 0.29) is 12.3 Å². The number of rotatable bonds is 10. The number of methoxy groups -OCH3 is 1. The van der Waals surface area contributed by atoms with E-state index in [2.05, 4.69) is 16.3 Å². The Morgan fingerprint density at radius 1 is 1.29 bits per heavy atom. The number of carbonyl (C=O) groups excluding carboxylic acids is 1. The minimum Gasteiger partial charge on any atom is -0.495 e. The summed E-state index contributed by atoms with van der Waals surface area (Å²) >= 11 is 6.21. The molecule has 0 unspecified atom stereocenters. The summed E-state index contributed by atoms with van der Waals surface area (Å²) in [5, 5.41) is 14.8. The fraction of sp³-hybridized carbons (Fsp3) is 0.444. The highest BCUT2D eigenvalue weighted by Gasteiger charge is 2.31. The molecular formula is C27H33ClN2O5. The van der Waals surface area contributed by atoms with Crippen LogP contribution in [0.2, 0.25) is 5.02 Å². The van der Waals surface area contributed by atoms with Crippen molar-refractivity contribution in [2.24, 2.45) is 0 Å². The van der Waals surface area contributed by atoms with Gasteiger partial charge in [0.15, 0.2) is 11.5 Å². The van der Waals surface area contributed by atoms with Crippen LogP contribution < -0.4 is 10.1 Å². The summed E-state index contributed by atoms with van der Waals surface area (Å²) < 4.78 is 16.7. The summed E-state index contributed by atoms with van der Waals surface area (Å²) in [4.78, 5) is 15.1. The van der Waals surface area contributed by atoms with Crippen molar-refractivity contribution < 1.29 is 24.1 Å². The molecule has 1 amide bonds. The van der Waals surface area contributed by atoms with Crippen LogP contribution in [0.5, 0.6) is 5.75 Å². The largest absolute Gasteiger partial charge is 0.495 e. The normalized spacial score (nSPS) is 19.6. The van der Waals surface area contributed by atoms with Gasteiger partial charge in [0.2, 0.25) is 5.91 Å². The average molecular weight is 501 g/mol. The highest BCUT2D eigenvalue weighted by atomic mass is 35.5. The van der Waals surface area contributed by atoms with Gasteiger partial charge in [-0.1, -0.05) is 35.9 Å². The molecule has 0 spiro atoms. The van der Waals surface area contributed by atoms with Gasteiger partial charge >= 0.3 is 0 Å². The van der Waals surface area contributed by atoms with Crippen molar-refractivity contribution in [3.8, 4) is 5.75 Å². The maximum Gasteiger partial charge on any atom is 0.220 e. The topological polar surface area (TPSA) is 80.3 Å². The summed E-state index contributed by atoms with van der Waals surface area (Å²) in [5.74, 6) is 1.34. The van der Waals surface area contributed by atoms with E-state index in [0.29, 0.717) is 35.3 Å². The SMILES string of the molecule is COc1ccc(CCC(=O)N[C@H](CN2CCCC2)[C@@H](O)C2=COC=C(C3=CC=CCC3)O2)cc1Cl. The van der Waals surface area contributed by atoms with E-state index in [1.165, 1.54) is 6.26 Å².